The molecular weight excluding hydrogens is 388 g/mol. The van der Waals surface area contributed by atoms with Gasteiger partial charge in [-0.15, -0.1) is 0 Å². The molecule has 3 aromatic carbocycles. The maximum atomic E-state index is 13.0. The first-order valence-corrected chi connectivity index (χ1v) is 9.96. The number of benzene rings is 3. The minimum absolute atomic E-state index is 0.0984. The van der Waals surface area contributed by atoms with Crippen molar-refractivity contribution in [1.82, 2.24) is 10.2 Å². The number of nitrogens with one attached hydrogen (secondary N) is 3. The van der Waals surface area contributed by atoms with Crippen LogP contribution >= 0.6 is 0 Å². The van der Waals surface area contributed by atoms with E-state index >= 15 is 0 Å². The van der Waals surface area contributed by atoms with Crippen molar-refractivity contribution in [2.45, 2.75) is 12.3 Å². The fourth-order valence-corrected chi connectivity index (χ4v) is 3.51. The van der Waals surface area contributed by atoms with Gasteiger partial charge in [0.15, 0.2) is 11.5 Å². The molecule has 4 aromatic rings. The van der Waals surface area contributed by atoms with Gasteiger partial charge in [0.1, 0.15) is 0 Å². The normalized spacial score (nSPS) is 11.6. The molecule has 7 nitrogen and oxygen atoms in total. The van der Waals surface area contributed by atoms with Gasteiger partial charge in [0, 0.05) is 16.8 Å². The number of aromatic amines is 1. The predicted octanol–water partition coefficient (Wildman–Crippen LogP) is 4.93. The van der Waals surface area contributed by atoms with Crippen molar-refractivity contribution >= 4 is 39.7 Å². The van der Waals surface area contributed by atoms with Crippen LogP contribution in [0.3, 0.4) is 0 Å². The molecule has 0 fully saturated rings. The molecule has 0 bridgehead atoms. The third-order valence-electron chi connectivity index (χ3n) is 5.04. The summed E-state index contributed by atoms with van der Waals surface area (Å²) < 4.78 is 0. The predicted molar refractivity (Wildman–Crippen MR) is 124 cm³/mol. The Morgan fingerprint density at radius 1 is 1.06 bits per heavy atom. The zero-order valence-electron chi connectivity index (χ0n) is 16.8. The summed E-state index contributed by atoms with van der Waals surface area (Å²) in [6.45, 7) is 7.59. The quantitative estimate of drug-likeness (QED) is 0.325. The number of H-pyrrole nitrogens is 1. The Labute approximate surface area is 180 Å². The Bertz CT molecular complexity index is 1240. The molecule has 154 valence electrons. The Morgan fingerprint density at radius 3 is 2.68 bits per heavy atom. The van der Waals surface area contributed by atoms with Crippen LogP contribution in [-0.4, -0.2) is 22.6 Å². The number of nitrogens with two attached hydrogens (primary N) is 1. The van der Waals surface area contributed by atoms with Gasteiger partial charge in [0.25, 0.3) is 0 Å². The van der Waals surface area contributed by atoms with E-state index in [-0.39, 0.29) is 11.8 Å². The van der Waals surface area contributed by atoms with E-state index in [4.69, 9.17) is 12.3 Å². The standard InChI is InChI=1S/C24H22N6O/c1-26-17-8-5-9-18(14-17)27-23-21-15-19(10-11-22(21)29-30-23)28-24(31)20(12-13-25)16-6-3-2-4-7-16/h2-11,14-15,20H,12-13,25H2,(H,28,31)(H2,27,29,30)/t20-/m1/s1. The largest absolute Gasteiger partial charge is 0.339 e. The molecule has 0 saturated carbocycles. The highest BCUT2D eigenvalue weighted by atomic mass is 16.1. The lowest BCUT2D eigenvalue weighted by Crippen LogP contribution is -2.23. The first-order chi connectivity index (χ1) is 15.2. The number of anilines is 3. The van der Waals surface area contributed by atoms with Crippen LogP contribution in [-0.2, 0) is 4.79 Å². The Kier molecular flexibility index (Phi) is 5.92. The zero-order chi connectivity index (χ0) is 21.6. The van der Waals surface area contributed by atoms with E-state index < -0.39 is 0 Å². The summed E-state index contributed by atoms with van der Waals surface area (Å²) in [4.78, 5) is 16.4. The van der Waals surface area contributed by atoms with Crippen molar-refractivity contribution < 1.29 is 4.79 Å². The second-order valence-corrected chi connectivity index (χ2v) is 7.15. The van der Waals surface area contributed by atoms with Crippen LogP contribution in [0.5, 0.6) is 0 Å². The molecule has 0 aliphatic rings. The second-order valence-electron chi connectivity index (χ2n) is 7.15. The molecule has 0 spiro atoms. The van der Waals surface area contributed by atoms with Gasteiger partial charge in [0.2, 0.25) is 5.91 Å². The summed E-state index contributed by atoms with van der Waals surface area (Å²) in [6.07, 6.45) is 0.563. The number of carbonyl (C=O) groups is 1. The molecule has 0 unspecified atom stereocenters. The van der Waals surface area contributed by atoms with Gasteiger partial charge in [0.05, 0.1) is 18.0 Å². The maximum Gasteiger partial charge on any atom is 0.231 e. The van der Waals surface area contributed by atoms with Gasteiger partial charge >= 0.3 is 0 Å². The van der Waals surface area contributed by atoms with Crippen LogP contribution in [0, 0.1) is 6.57 Å². The van der Waals surface area contributed by atoms with Crippen molar-refractivity contribution in [2.24, 2.45) is 5.73 Å². The minimum atomic E-state index is -0.319. The van der Waals surface area contributed by atoms with Crippen molar-refractivity contribution in [3.63, 3.8) is 0 Å². The van der Waals surface area contributed by atoms with Gasteiger partial charge in [-0.1, -0.05) is 42.5 Å². The molecule has 7 heteroatoms. The topological polar surface area (TPSA) is 100 Å². The summed E-state index contributed by atoms with van der Waals surface area (Å²) in [5.74, 6) is 0.203. The van der Waals surface area contributed by atoms with Crippen LogP contribution in [0.1, 0.15) is 17.9 Å². The number of carbonyl (C=O) groups excluding carboxylic acids is 1. The molecule has 0 aliphatic carbocycles. The van der Waals surface area contributed by atoms with E-state index in [0.29, 0.717) is 30.2 Å². The number of aromatic nitrogens is 2. The summed E-state index contributed by atoms with van der Waals surface area (Å²) in [5.41, 5.74) is 9.52. The molecule has 1 heterocycles. The summed E-state index contributed by atoms with van der Waals surface area (Å²) in [7, 11) is 0. The molecule has 1 aromatic heterocycles. The monoisotopic (exact) mass is 410 g/mol. The summed E-state index contributed by atoms with van der Waals surface area (Å²) >= 11 is 0. The summed E-state index contributed by atoms with van der Waals surface area (Å²) in [6, 6.07) is 22.4. The van der Waals surface area contributed by atoms with Crippen LogP contribution in [0.4, 0.5) is 22.9 Å². The third-order valence-corrected chi connectivity index (χ3v) is 5.04. The van der Waals surface area contributed by atoms with E-state index in [1.807, 2.05) is 60.7 Å². The lowest BCUT2D eigenvalue weighted by molar-refractivity contribution is -0.117. The lowest BCUT2D eigenvalue weighted by Gasteiger charge is -2.16. The van der Waals surface area contributed by atoms with E-state index in [2.05, 4.69) is 25.7 Å². The highest BCUT2D eigenvalue weighted by Crippen LogP contribution is 2.29. The van der Waals surface area contributed by atoms with E-state index in [1.54, 1.807) is 12.1 Å². The fourth-order valence-electron chi connectivity index (χ4n) is 3.51. The molecule has 1 atom stereocenters. The molecule has 0 radical (unpaired) electrons. The van der Waals surface area contributed by atoms with E-state index in [0.717, 1.165) is 22.2 Å². The molecule has 31 heavy (non-hydrogen) atoms. The molecule has 5 N–H and O–H groups in total. The number of nitrogens with zero attached hydrogens (tertiary/aromatic N) is 2. The zero-order valence-corrected chi connectivity index (χ0v) is 16.8. The number of hydrogen-bond donors (Lipinski definition) is 4. The molecule has 0 aliphatic heterocycles. The van der Waals surface area contributed by atoms with Gasteiger partial charge in [-0.3, -0.25) is 9.89 Å². The van der Waals surface area contributed by atoms with Gasteiger partial charge in [-0.05, 0) is 48.9 Å². The number of amides is 1. The van der Waals surface area contributed by atoms with Crippen LogP contribution < -0.4 is 16.4 Å². The van der Waals surface area contributed by atoms with Crippen molar-refractivity contribution in [3.05, 3.63) is 89.8 Å². The van der Waals surface area contributed by atoms with Crippen molar-refractivity contribution in [1.29, 1.82) is 0 Å². The molecule has 4 rings (SSSR count). The third kappa shape index (κ3) is 4.55. The Morgan fingerprint density at radius 2 is 1.90 bits per heavy atom. The lowest BCUT2D eigenvalue weighted by atomic mass is 9.94. The number of rotatable bonds is 7. The molecule has 0 saturated heterocycles. The smallest absolute Gasteiger partial charge is 0.231 e. The van der Waals surface area contributed by atoms with Crippen molar-refractivity contribution in [3.8, 4) is 0 Å². The van der Waals surface area contributed by atoms with E-state index in [9.17, 15) is 4.79 Å². The molecule has 1 amide bonds. The van der Waals surface area contributed by atoms with E-state index in [1.165, 1.54) is 0 Å². The number of hydrogen-bond acceptors (Lipinski definition) is 4. The van der Waals surface area contributed by atoms with Crippen LogP contribution in [0.15, 0.2) is 72.8 Å². The van der Waals surface area contributed by atoms with Crippen LogP contribution in [0.2, 0.25) is 0 Å². The van der Waals surface area contributed by atoms with Crippen molar-refractivity contribution in [2.75, 3.05) is 17.2 Å². The van der Waals surface area contributed by atoms with Gasteiger partial charge in [-0.25, -0.2) is 4.85 Å². The first kappa shape index (κ1) is 20.1. The first-order valence-electron chi connectivity index (χ1n) is 9.96. The maximum absolute atomic E-state index is 13.0. The number of fused-ring (bicyclic) bond motifs is 1. The highest BCUT2D eigenvalue weighted by molar-refractivity contribution is 6.00. The molecular formula is C24H22N6O. The van der Waals surface area contributed by atoms with Crippen LogP contribution in [0.25, 0.3) is 15.7 Å². The van der Waals surface area contributed by atoms with Gasteiger partial charge < -0.3 is 16.4 Å². The highest BCUT2D eigenvalue weighted by Gasteiger charge is 2.20. The van der Waals surface area contributed by atoms with Gasteiger partial charge in [-0.2, -0.15) is 5.10 Å². The summed E-state index contributed by atoms with van der Waals surface area (Å²) in [5, 5.41) is 14.4. The fraction of sp³-hybridized carbons (Fsp3) is 0.125. The average Bonchev–Trinajstić information content (AvgIpc) is 3.20. The second kappa shape index (κ2) is 9.11. The Balaban J connectivity index is 1.58. The minimum Gasteiger partial charge on any atom is -0.339 e. The Hall–Kier alpha value is -4.15. The SMILES string of the molecule is [C-]#[N+]c1cccc(Nc2n[nH]c3ccc(NC(=O)[C@H](CCN)c4ccccc4)cc23)c1. The average molecular weight is 410 g/mol.